The third kappa shape index (κ3) is 2.24. The topological polar surface area (TPSA) is 32.3 Å². The van der Waals surface area contributed by atoms with Gasteiger partial charge in [0.2, 0.25) is 5.91 Å². The second-order valence-corrected chi connectivity index (χ2v) is 5.26. The summed E-state index contributed by atoms with van der Waals surface area (Å²) in [7, 11) is 0. The summed E-state index contributed by atoms with van der Waals surface area (Å²) >= 11 is 0. The number of unbranched alkanes of at least 4 members (excludes halogenated alkanes) is 1. The van der Waals surface area contributed by atoms with Gasteiger partial charge in [-0.1, -0.05) is 26.2 Å². The average molecular weight is 224 g/mol. The van der Waals surface area contributed by atoms with Gasteiger partial charge in [-0.25, -0.2) is 0 Å². The lowest BCUT2D eigenvalue weighted by atomic mass is 10.0. The van der Waals surface area contributed by atoms with Crippen molar-refractivity contribution in [1.82, 2.24) is 10.2 Å². The Kier molecular flexibility index (Phi) is 3.85. The number of hydrogen-bond donors (Lipinski definition) is 1. The van der Waals surface area contributed by atoms with Crippen LogP contribution in [0.3, 0.4) is 0 Å². The second kappa shape index (κ2) is 5.17. The number of carbonyl (C=O) groups excluding carboxylic acids is 1. The summed E-state index contributed by atoms with van der Waals surface area (Å²) in [6.45, 7) is 5.12. The van der Waals surface area contributed by atoms with E-state index in [0.29, 0.717) is 18.0 Å². The Balaban J connectivity index is 2.00. The molecule has 2 rings (SSSR count). The fourth-order valence-electron chi connectivity index (χ4n) is 3.04. The molecular weight excluding hydrogens is 200 g/mol. The van der Waals surface area contributed by atoms with Crippen LogP contribution < -0.4 is 5.32 Å². The van der Waals surface area contributed by atoms with Crippen LogP contribution in [0.5, 0.6) is 0 Å². The highest BCUT2D eigenvalue weighted by atomic mass is 16.2. The van der Waals surface area contributed by atoms with Gasteiger partial charge in [0, 0.05) is 6.54 Å². The van der Waals surface area contributed by atoms with Gasteiger partial charge in [-0.3, -0.25) is 10.1 Å². The zero-order valence-electron chi connectivity index (χ0n) is 10.5. The molecule has 0 bridgehead atoms. The van der Waals surface area contributed by atoms with Gasteiger partial charge in [0.1, 0.15) is 0 Å². The molecule has 3 nitrogen and oxygen atoms in total. The molecule has 2 aliphatic rings. The number of carbonyl (C=O) groups is 1. The van der Waals surface area contributed by atoms with E-state index in [2.05, 4.69) is 17.1 Å². The molecular formula is C13H24N2O. The molecule has 0 aromatic carbocycles. The summed E-state index contributed by atoms with van der Waals surface area (Å²) in [6.07, 6.45) is 7.89. The van der Waals surface area contributed by atoms with E-state index in [1.54, 1.807) is 0 Å². The monoisotopic (exact) mass is 224 g/mol. The van der Waals surface area contributed by atoms with Gasteiger partial charge < -0.3 is 4.90 Å². The minimum Gasteiger partial charge on any atom is -0.326 e. The number of nitrogens with zero attached hydrogens (tertiary/aromatic N) is 1. The molecule has 1 saturated heterocycles. The molecule has 1 N–H and O–H groups in total. The summed E-state index contributed by atoms with van der Waals surface area (Å²) in [5.41, 5.74) is 0. The summed E-state index contributed by atoms with van der Waals surface area (Å²) in [5.74, 6) is 1.01. The molecule has 0 radical (unpaired) electrons. The molecule has 16 heavy (non-hydrogen) atoms. The van der Waals surface area contributed by atoms with Crippen LogP contribution in [0.15, 0.2) is 0 Å². The molecule has 2 atom stereocenters. The Bertz CT molecular complexity index is 248. The molecule has 1 heterocycles. The lowest BCUT2D eigenvalue weighted by molar-refractivity contribution is -0.130. The molecule has 2 unspecified atom stereocenters. The van der Waals surface area contributed by atoms with E-state index in [1.807, 2.05) is 6.92 Å². The molecule has 1 saturated carbocycles. The Hall–Kier alpha value is -0.570. The van der Waals surface area contributed by atoms with Crippen molar-refractivity contribution < 1.29 is 4.79 Å². The number of rotatable bonds is 4. The van der Waals surface area contributed by atoms with E-state index in [-0.39, 0.29) is 6.04 Å². The van der Waals surface area contributed by atoms with Crippen LogP contribution in [0.25, 0.3) is 0 Å². The summed E-state index contributed by atoms with van der Waals surface area (Å²) in [4.78, 5) is 14.1. The fraction of sp³-hybridized carbons (Fsp3) is 0.923. The van der Waals surface area contributed by atoms with E-state index < -0.39 is 0 Å². The van der Waals surface area contributed by atoms with Crippen LogP contribution in [-0.2, 0) is 4.79 Å². The first-order chi connectivity index (χ1) is 7.74. The largest absolute Gasteiger partial charge is 0.326 e. The summed E-state index contributed by atoms with van der Waals surface area (Å²) in [6, 6.07) is 0.0301. The molecule has 92 valence electrons. The Morgan fingerprint density at radius 3 is 2.69 bits per heavy atom. The zero-order valence-corrected chi connectivity index (χ0v) is 10.5. The van der Waals surface area contributed by atoms with E-state index in [9.17, 15) is 4.79 Å². The molecule has 1 aliphatic carbocycles. The molecule has 1 amide bonds. The molecule has 0 aromatic rings. The predicted molar refractivity (Wildman–Crippen MR) is 65.0 cm³/mol. The van der Waals surface area contributed by atoms with Gasteiger partial charge in [-0.05, 0) is 32.1 Å². The van der Waals surface area contributed by atoms with E-state index in [4.69, 9.17) is 0 Å². The zero-order chi connectivity index (χ0) is 11.5. The number of amides is 1. The highest BCUT2D eigenvalue weighted by molar-refractivity contribution is 5.83. The standard InChI is InChI=1S/C13H24N2O/c1-3-4-9-15-12(11-7-5-6-8-11)14-10(2)13(15)16/h10-12,14H,3-9H2,1-2H3. The van der Waals surface area contributed by atoms with Gasteiger partial charge in [0.15, 0.2) is 0 Å². The second-order valence-electron chi connectivity index (χ2n) is 5.26. The van der Waals surface area contributed by atoms with Gasteiger partial charge in [0.05, 0.1) is 12.2 Å². The van der Waals surface area contributed by atoms with Crippen LogP contribution in [-0.4, -0.2) is 29.6 Å². The van der Waals surface area contributed by atoms with E-state index in [1.165, 1.54) is 25.7 Å². The first-order valence-electron chi connectivity index (χ1n) is 6.80. The van der Waals surface area contributed by atoms with Crippen LogP contribution in [0.1, 0.15) is 52.4 Å². The molecule has 1 aliphatic heterocycles. The van der Waals surface area contributed by atoms with Crippen LogP contribution in [0, 0.1) is 5.92 Å². The first-order valence-corrected chi connectivity index (χ1v) is 6.80. The lowest BCUT2D eigenvalue weighted by Crippen LogP contribution is -2.42. The van der Waals surface area contributed by atoms with E-state index in [0.717, 1.165) is 19.4 Å². The highest BCUT2D eigenvalue weighted by Crippen LogP contribution is 2.31. The number of nitrogens with one attached hydrogen (secondary N) is 1. The maximum Gasteiger partial charge on any atom is 0.240 e. The van der Waals surface area contributed by atoms with Crippen molar-refractivity contribution in [2.75, 3.05) is 6.54 Å². The van der Waals surface area contributed by atoms with Gasteiger partial charge >= 0.3 is 0 Å². The van der Waals surface area contributed by atoms with Crippen molar-refractivity contribution in [3.63, 3.8) is 0 Å². The van der Waals surface area contributed by atoms with Crippen molar-refractivity contribution >= 4 is 5.91 Å². The molecule has 3 heteroatoms. The minimum absolute atomic E-state index is 0.0301. The average Bonchev–Trinajstić information content (AvgIpc) is 2.87. The summed E-state index contributed by atoms with van der Waals surface area (Å²) in [5, 5.41) is 3.48. The fourth-order valence-corrected chi connectivity index (χ4v) is 3.04. The first kappa shape index (κ1) is 11.9. The molecule has 0 aromatic heterocycles. The summed E-state index contributed by atoms with van der Waals surface area (Å²) < 4.78 is 0. The van der Waals surface area contributed by atoms with Gasteiger partial charge in [-0.2, -0.15) is 0 Å². The Morgan fingerprint density at radius 2 is 2.06 bits per heavy atom. The maximum atomic E-state index is 12.0. The Labute approximate surface area is 98.6 Å². The van der Waals surface area contributed by atoms with Crippen molar-refractivity contribution in [3.05, 3.63) is 0 Å². The third-order valence-electron chi connectivity index (χ3n) is 4.01. The van der Waals surface area contributed by atoms with Crippen molar-refractivity contribution in [1.29, 1.82) is 0 Å². The molecule has 0 spiro atoms. The van der Waals surface area contributed by atoms with E-state index >= 15 is 0 Å². The molecule has 2 fully saturated rings. The maximum absolute atomic E-state index is 12.0. The third-order valence-corrected chi connectivity index (χ3v) is 4.01. The van der Waals surface area contributed by atoms with Crippen LogP contribution in [0.2, 0.25) is 0 Å². The predicted octanol–water partition coefficient (Wildman–Crippen LogP) is 2.12. The van der Waals surface area contributed by atoms with Crippen LogP contribution >= 0.6 is 0 Å². The van der Waals surface area contributed by atoms with Gasteiger partial charge in [-0.15, -0.1) is 0 Å². The minimum atomic E-state index is 0.0301. The smallest absolute Gasteiger partial charge is 0.240 e. The highest BCUT2D eigenvalue weighted by Gasteiger charge is 2.40. The number of hydrogen-bond acceptors (Lipinski definition) is 2. The van der Waals surface area contributed by atoms with Crippen molar-refractivity contribution in [2.24, 2.45) is 5.92 Å². The SMILES string of the molecule is CCCCN1C(=O)C(C)NC1C1CCCC1. The van der Waals surface area contributed by atoms with Crippen LogP contribution in [0.4, 0.5) is 0 Å². The van der Waals surface area contributed by atoms with Crippen molar-refractivity contribution in [2.45, 2.75) is 64.6 Å². The lowest BCUT2D eigenvalue weighted by Gasteiger charge is -2.28. The normalized spacial score (nSPS) is 31.6. The Morgan fingerprint density at radius 1 is 1.38 bits per heavy atom. The van der Waals surface area contributed by atoms with Gasteiger partial charge in [0.25, 0.3) is 0 Å². The van der Waals surface area contributed by atoms with Crippen molar-refractivity contribution in [3.8, 4) is 0 Å². The quantitative estimate of drug-likeness (QED) is 0.793.